The van der Waals surface area contributed by atoms with Crippen LogP contribution in [0.15, 0.2) is 0 Å². The molecule has 0 spiro atoms. The number of aliphatic carboxylic acids is 1. The van der Waals surface area contributed by atoms with Crippen molar-refractivity contribution in [3.05, 3.63) is 0 Å². The molecule has 2 atom stereocenters. The Kier molecular flexibility index (Phi) is 4.54. The van der Waals surface area contributed by atoms with Crippen LogP contribution in [0, 0.1) is 0 Å². The lowest BCUT2D eigenvalue weighted by Crippen LogP contribution is -2.31. The Balaban J connectivity index is 2.42. The van der Waals surface area contributed by atoms with Crippen LogP contribution >= 0.6 is 0 Å². The van der Waals surface area contributed by atoms with Gasteiger partial charge in [-0.1, -0.05) is 6.92 Å². The average molecular weight is 220 g/mol. The molecule has 0 aromatic heterocycles. The second-order valence-corrected chi connectivity index (χ2v) is 5.68. The minimum absolute atomic E-state index is 0.00995. The number of hydrogen-bond acceptors (Lipinski definition) is 3. The van der Waals surface area contributed by atoms with Crippen molar-refractivity contribution in [1.29, 1.82) is 0 Å². The van der Waals surface area contributed by atoms with Crippen LogP contribution in [0.2, 0.25) is 0 Å². The molecule has 1 saturated heterocycles. The van der Waals surface area contributed by atoms with E-state index in [1.807, 2.05) is 0 Å². The van der Waals surface area contributed by atoms with E-state index in [9.17, 15) is 9.00 Å². The first-order chi connectivity index (χ1) is 6.61. The maximum absolute atomic E-state index is 11.8. The van der Waals surface area contributed by atoms with Crippen LogP contribution in [-0.2, 0) is 20.3 Å². The number of carbonyl (C=O) groups is 1. The highest BCUT2D eigenvalue weighted by molar-refractivity contribution is 7.86. The van der Waals surface area contributed by atoms with Gasteiger partial charge in [0.15, 0.2) is 0 Å². The SMILES string of the molecule is CC(CC(=O)O)S(=O)C1CCOCC1. The Hall–Kier alpha value is -0.420. The first-order valence-corrected chi connectivity index (χ1v) is 6.07. The van der Waals surface area contributed by atoms with Crippen molar-refractivity contribution < 1.29 is 18.8 Å². The van der Waals surface area contributed by atoms with E-state index >= 15 is 0 Å². The van der Waals surface area contributed by atoms with E-state index in [1.54, 1.807) is 6.92 Å². The minimum atomic E-state index is -1.03. The summed E-state index contributed by atoms with van der Waals surface area (Å²) in [6.45, 7) is 3.03. The largest absolute Gasteiger partial charge is 0.481 e. The molecule has 1 fully saturated rings. The summed E-state index contributed by atoms with van der Waals surface area (Å²) >= 11 is 0. The van der Waals surface area contributed by atoms with Gasteiger partial charge < -0.3 is 9.84 Å². The number of carboxylic acids is 1. The van der Waals surface area contributed by atoms with E-state index < -0.39 is 16.8 Å². The summed E-state index contributed by atoms with van der Waals surface area (Å²) < 4.78 is 17.0. The van der Waals surface area contributed by atoms with Crippen LogP contribution in [0.4, 0.5) is 0 Å². The first-order valence-electron chi connectivity index (χ1n) is 4.80. The third kappa shape index (κ3) is 3.38. The standard InChI is InChI=1S/C9H16O4S/c1-7(6-9(10)11)14(12)8-2-4-13-5-3-8/h7-8H,2-6H2,1H3,(H,10,11). The van der Waals surface area contributed by atoms with Gasteiger partial charge in [-0.25, -0.2) is 0 Å². The van der Waals surface area contributed by atoms with Crippen LogP contribution in [0.5, 0.6) is 0 Å². The van der Waals surface area contributed by atoms with Crippen molar-refractivity contribution in [3.8, 4) is 0 Å². The fourth-order valence-electron chi connectivity index (χ4n) is 1.56. The van der Waals surface area contributed by atoms with E-state index in [0.29, 0.717) is 13.2 Å². The van der Waals surface area contributed by atoms with Crippen LogP contribution in [0.3, 0.4) is 0 Å². The van der Waals surface area contributed by atoms with E-state index in [2.05, 4.69) is 0 Å². The van der Waals surface area contributed by atoms with Gasteiger partial charge in [0, 0.05) is 34.5 Å². The van der Waals surface area contributed by atoms with Crippen LogP contribution in [0.1, 0.15) is 26.2 Å². The number of carboxylic acid groups (broad SMARTS) is 1. The zero-order valence-electron chi connectivity index (χ0n) is 8.27. The smallest absolute Gasteiger partial charge is 0.304 e. The summed E-state index contributed by atoms with van der Waals surface area (Å²) in [4.78, 5) is 10.4. The Morgan fingerprint density at radius 3 is 2.64 bits per heavy atom. The van der Waals surface area contributed by atoms with Crippen molar-refractivity contribution in [1.82, 2.24) is 0 Å². The topological polar surface area (TPSA) is 63.6 Å². The van der Waals surface area contributed by atoms with Crippen molar-refractivity contribution in [3.63, 3.8) is 0 Å². The van der Waals surface area contributed by atoms with Crippen molar-refractivity contribution >= 4 is 16.8 Å². The van der Waals surface area contributed by atoms with Gasteiger partial charge in [0.2, 0.25) is 0 Å². The van der Waals surface area contributed by atoms with Gasteiger partial charge in [0.1, 0.15) is 0 Å². The maximum Gasteiger partial charge on any atom is 0.304 e. The molecule has 0 radical (unpaired) electrons. The summed E-state index contributed by atoms with van der Waals surface area (Å²) in [6, 6.07) is 0. The maximum atomic E-state index is 11.8. The van der Waals surface area contributed by atoms with Crippen LogP contribution in [-0.4, -0.2) is 39.0 Å². The van der Waals surface area contributed by atoms with Crippen molar-refractivity contribution in [2.24, 2.45) is 0 Å². The monoisotopic (exact) mass is 220 g/mol. The fourth-order valence-corrected chi connectivity index (χ4v) is 3.19. The van der Waals surface area contributed by atoms with E-state index in [0.717, 1.165) is 12.8 Å². The molecule has 1 rings (SSSR count). The van der Waals surface area contributed by atoms with E-state index in [4.69, 9.17) is 9.84 Å². The molecule has 0 saturated carbocycles. The molecule has 14 heavy (non-hydrogen) atoms. The zero-order chi connectivity index (χ0) is 10.6. The minimum Gasteiger partial charge on any atom is -0.481 e. The Morgan fingerprint density at radius 2 is 2.14 bits per heavy atom. The molecule has 1 heterocycles. The Labute approximate surface area is 86.1 Å². The molecule has 0 aliphatic carbocycles. The molecular weight excluding hydrogens is 204 g/mol. The summed E-state index contributed by atoms with van der Waals surface area (Å²) in [6.07, 6.45) is 1.57. The fraction of sp³-hybridized carbons (Fsp3) is 0.889. The van der Waals surface area contributed by atoms with Gasteiger partial charge in [-0.15, -0.1) is 0 Å². The zero-order valence-corrected chi connectivity index (χ0v) is 9.09. The molecule has 1 aliphatic rings. The normalized spacial score (nSPS) is 22.9. The molecule has 2 unspecified atom stereocenters. The van der Waals surface area contributed by atoms with Crippen molar-refractivity contribution in [2.45, 2.75) is 36.7 Å². The molecule has 1 N–H and O–H groups in total. The lowest BCUT2D eigenvalue weighted by molar-refractivity contribution is -0.136. The number of ether oxygens (including phenoxy) is 1. The van der Waals surface area contributed by atoms with E-state index in [-0.39, 0.29) is 16.9 Å². The highest BCUT2D eigenvalue weighted by Crippen LogP contribution is 2.17. The second kappa shape index (κ2) is 5.46. The molecule has 5 heteroatoms. The van der Waals surface area contributed by atoms with E-state index in [1.165, 1.54) is 0 Å². The third-order valence-electron chi connectivity index (χ3n) is 2.36. The first kappa shape index (κ1) is 11.7. The van der Waals surface area contributed by atoms with Gasteiger partial charge in [0.05, 0.1) is 6.42 Å². The highest BCUT2D eigenvalue weighted by Gasteiger charge is 2.25. The van der Waals surface area contributed by atoms with Gasteiger partial charge in [-0.2, -0.15) is 0 Å². The lowest BCUT2D eigenvalue weighted by Gasteiger charge is -2.23. The summed E-state index contributed by atoms with van der Waals surface area (Å²) in [5, 5.41) is 8.44. The summed E-state index contributed by atoms with van der Waals surface area (Å²) in [5.74, 6) is -0.877. The molecule has 0 amide bonds. The molecule has 82 valence electrons. The molecule has 1 aliphatic heterocycles. The van der Waals surface area contributed by atoms with Crippen LogP contribution < -0.4 is 0 Å². The Morgan fingerprint density at radius 1 is 1.57 bits per heavy atom. The van der Waals surface area contributed by atoms with Gasteiger partial charge >= 0.3 is 5.97 Å². The van der Waals surface area contributed by atoms with Gasteiger partial charge in [0.25, 0.3) is 0 Å². The quantitative estimate of drug-likeness (QED) is 0.760. The molecule has 0 aromatic carbocycles. The number of rotatable bonds is 4. The van der Waals surface area contributed by atoms with Crippen LogP contribution in [0.25, 0.3) is 0 Å². The molecule has 4 nitrogen and oxygen atoms in total. The summed E-state index contributed by atoms with van der Waals surface area (Å²) in [7, 11) is -1.03. The molecule has 0 bridgehead atoms. The van der Waals surface area contributed by atoms with Gasteiger partial charge in [-0.3, -0.25) is 9.00 Å². The molecule has 0 aromatic rings. The molecular formula is C9H16O4S. The Bertz CT molecular complexity index is 223. The third-order valence-corrected chi connectivity index (χ3v) is 4.44. The highest BCUT2D eigenvalue weighted by atomic mass is 32.2. The predicted octanol–water partition coefficient (Wildman–Crippen LogP) is 0.777. The predicted molar refractivity (Wildman–Crippen MR) is 53.7 cm³/mol. The van der Waals surface area contributed by atoms with Crippen molar-refractivity contribution in [2.75, 3.05) is 13.2 Å². The average Bonchev–Trinajstić information content (AvgIpc) is 2.17. The lowest BCUT2D eigenvalue weighted by atomic mass is 10.2. The van der Waals surface area contributed by atoms with Gasteiger partial charge in [-0.05, 0) is 12.8 Å². The summed E-state index contributed by atoms with van der Waals surface area (Å²) in [5.41, 5.74) is 0. The second-order valence-electron chi connectivity index (χ2n) is 3.55. The number of hydrogen-bond donors (Lipinski definition) is 1.